The molecule has 0 aliphatic rings. The number of anilines is 1. The van der Waals surface area contributed by atoms with Gasteiger partial charge in [0.2, 0.25) is 0 Å². The van der Waals surface area contributed by atoms with Gasteiger partial charge in [0.05, 0.1) is 11.4 Å². The summed E-state index contributed by atoms with van der Waals surface area (Å²) in [6.07, 6.45) is -0.277. The summed E-state index contributed by atoms with van der Waals surface area (Å²) < 4.78 is 39.8. The average Bonchev–Trinajstić information content (AvgIpc) is 2.82. The number of halogens is 2. The van der Waals surface area contributed by atoms with E-state index in [1.165, 1.54) is 24.3 Å². The molecule has 1 aromatic heterocycles. The lowest BCUT2D eigenvalue weighted by Crippen LogP contribution is -2.13. The van der Waals surface area contributed by atoms with Gasteiger partial charge < -0.3 is 5.11 Å². The fourth-order valence-electron chi connectivity index (χ4n) is 1.53. The number of hydrogen-bond donors (Lipinski definition) is 2. The SMILES string of the molecule is O=C(O)Cc1ccc(S(=O)(=O)Nc2c(F)cccc2Cl)s1. The van der Waals surface area contributed by atoms with Gasteiger partial charge in [0, 0.05) is 4.88 Å². The number of benzene rings is 1. The van der Waals surface area contributed by atoms with Gasteiger partial charge in [-0.15, -0.1) is 11.3 Å². The minimum Gasteiger partial charge on any atom is -0.481 e. The minimum absolute atomic E-state index is 0.0686. The summed E-state index contributed by atoms with van der Waals surface area (Å²) in [4.78, 5) is 11.0. The predicted molar refractivity (Wildman–Crippen MR) is 77.9 cm³/mol. The van der Waals surface area contributed by atoms with Crippen molar-refractivity contribution >= 4 is 44.6 Å². The van der Waals surface area contributed by atoms with Crippen molar-refractivity contribution in [3.05, 3.63) is 46.0 Å². The maximum atomic E-state index is 13.6. The van der Waals surface area contributed by atoms with E-state index < -0.39 is 21.8 Å². The highest BCUT2D eigenvalue weighted by Crippen LogP contribution is 2.29. The van der Waals surface area contributed by atoms with Crippen LogP contribution in [-0.4, -0.2) is 19.5 Å². The highest BCUT2D eigenvalue weighted by Gasteiger charge is 2.20. The molecule has 1 heterocycles. The molecule has 2 rings (SSSR count). The third-order valence-electron chi connectivity index (χ3n) is 2.43. The van der Waals surface area contributed by atoms with E-state index >= 15 is 0 Å². The number of aliphatic carboxylic acids is 1. The van der Waals surface area contributed by atoms with Crippen LogP contribution >= 0.6 is 22.9 Å². The van der Waals surface area contributed by atoms with Crippen molar-refractivity contribution in [2.75, 3.05) is 4.72 Å². The summed E-state index contributed by atoms with van der Waals surface area (Å²) in [7, 11) is -4.02. The standard InChI is InChI=1S/C12H9ClFNO4S2/c13-8-2-1-3-9(14)12(8)15-21(18,19)11-5-4-7(20-11)6-10(16)17/h1-5,15H,6H2,(H,16,17). The number of nitrogens with one attached hydrogen (secondary N) is 1. The van der Waals surface area contributed by atoms with E-state index in [0.29, 0.717) is 4.88 Å². The van der Waals surface area contributed by atoms with Crippen molar-refractivity contribution in [1.82, 2.24) is 0 Å². The van der Waals surface area contributed by atoms with Gasteiger partial charge in [-0.25, -0.2) is 12.8 Å². The number of carbonyl (C=O) groups is 1. The molecule has 112 valence electrons. The van der Waals surface area contributed by atoms with Crippen molar-refractivity contribution in [1.29, 1.82) is 0 Å². The van der Waals surface area contributed by atoms with Gasteiger partial charge in [0.25, 0.3) is 10.0 Å². The van der Waals surface area contributed by atoms with E-state index in [-0.39, 0.29) is 21.3 Å². The molecule has 0 fully saturated rings. The van der Waals surface area contributed by atoms with E-state index in [4.69, 9.17) is 16.7 Å². The first kappa shape index (κ1) is 15.7. The molecule has 1 aromatic carbocycles. The van der Waals surface area contributed by atoms with Gasteiger partial charge in [0.15, 0.2) is 0 Å². The number of rotatable bonds is 5. The zero-order valence-corrected chi connectivity index (χ0v) is 12.7. The van der Waals surface area contributed by atoms with Crippen LogP contribution in [0.2, 0.25) is 5.02 Å². The summed E-state index contributed by atoms with van der Waals surface area (Å²) in [6, 6.07) is 6.45. The largest absolute Gasteiger partial charge is 0.481 e. The quantitative estimate of drug-likeness (QED) is 0.869. The van der Waals surface area contributed by atoms with Gasteiger partial charge in [-0.05, 0) is 24.3 Å². The Hall–Kier alpha value is -1.64. The molecule has 0 aliphatic carbocycles. The van der Waals surface area contributed by atoms with Gasteiger partial charge >= 0.3 is 5.97 Å². The van der Waals surface area contributed by atoms with Crippen LogP contribution in [0.25, 0.3) is 0 Å². The van der Waals surface area contributed by atoms with E-state index in [0.717, 1.165) is 17.4 Å². The summed E-state index contributed by atoms with van der Waals surface area (Å²) >= 11 is 6.56. The summed E-state index contributed by atoms with van der Waals surface area (Å²) in [5.41, 5.74) is -0.340. The first-order valence-electron chi connectivity index (χ1n) is 5.57. The lowest BCUT2D eigenvalue weighted by molar-refractivity contribution is -0.136. The molecule has 0 spiro atoms. The van der Waals surface area contributed by atoms with Crippen LogP contribution in [0.5, 0.6) is 0 Å². The average molecular weight is 350 g/mol. The Kier molecular flexibility index (Phi) is 4.50. The van der Waals surface area contributed by atoms with Crippen molar-refractivity contribution < 1.29 is 22.7 Å². The molecule has 0 saturated heterocycles. The molecule has 2 aromatic rings. The molecule has 0 unspecified atom stereocenters. The van der Waals surface area contributed by atoms with Crippen LogP contribution in [0.1, 0.15) is 4.88 Å². The van der Waals surface area contributed by atoms with Gasteiger partial charge in [-0.2, -0.15) is 0 Å². The molecule has 21 heavy (non-hydrogen) atoms. The molecule has 0 aliphatic heterocycles. The number of para-hydroxylation sites is 1. The fourth-order valence-corrected chi connectivity index (χ4v) is 4.23. The van der Waals surface area contributed by atoms with Crippen molar-refractivity contribution in [3.8, 4) is 0 Å². The lowest BCUT2D eigenvalue weighted by Gasteiger charge is -2.08. The minimum atomic E-state index is -4.02. The Balaban J connectivity index is 2.30. The maximum Gasteiger partial charge on any atom is 0.308 e. The van der Waals surface area contributed by atoms with Gasteiger partial charge in [-0.1, -0.05) is 17.7 Å². The topological polar surface area (TPSA) is 83.5 Å². The monoisotopic (exact) mass is 349 g/mol. The Morgan fingerprint density at radius 3 is 2.67 bits per heavy atom. The number of carboxylic acid groups (broad SMARTS) is 1. The zero-order valence-electron chi connectivity index (χ0n) is 10.3. The Bertz CT molecular complexity index is 768. The second-order valence-electron chi connectivity index (χ2n) is 3.99. The number of carboxylic acids is 1. The summed E-state index contributed by atoms with van der Waals surface area (Å²) in [6.45, 7) is 0. The smallest absolute Gasteiger partial charge is 0.308 e. The Labute approximate surface area is 129 Å². The van der Waals surface area contributed by atoms with Crippen LogP contribution in [-0.2, 0) is 21.2 Å². The molecule has 0 bridgehead atoms. The third kappa shape index (κ3) is 3.72. The van der Waals surface area contributed by atoms with E-state index in [9.17, 15) is 17.6 Å². The van der Waals surface area contributed by atoms with Crippen molar-refractivity contribution in [3.63, 3.8) is 0 Å². The molecular formula is C12H9ClFNO4S2. The van der Waals surface area contributed by atoms with E-state index in [1.54, 1.807) is 0 Å². The predicted octanol–water partition coefficient (Wildman–Crippen LogP) is 2.97. The van der Waals surface area contributed by atoms with Crippen LogP contribution in [0.15, 0.2) is 34.5 Å². The van der Waals surface area contributed by atoms with Gasteiger partial charge in [0.1, 0.15) is 15.7 Å². The normalized spacial score (nSPS) is 11.3. The molecule has 2 N–H and O–H groups in total. The Morgan fingerprint density at radius 2 is 2.05 bits per heavy atom. The molecule has 0 saturated carbocycles. The summed E-state index contributed by atoms with van der Waals surface area (Å²) in [5.74, 6) is -1.86. The highest BCUT2D eigenvalue weighted by molar-refractivity contribution is 7.94. The molecule has 5 nitrogen and oxygen atoms in total. The number of thiophene rings is 1. The number of sulfonamides is 1. The summed E-state index contributed by atoms with van der Waals surface area (Å²) in [5, 5.41) is 8.59. The van der Waals surface area contributed by atoms with Crippen LogP contribution in [0.4, 0.5) is 10.1 Å². The first-order valence-corrected chi connectivity index (χ1v) is 8.24. The number of hydrogen-bond acceptors (Lipinski definition) is 4. The fraction of sp³-hybridized carbons (Fsp3) is 0.0833. The molecule has 0 atom stereocenters. The van der Waals surface area contributed by atoms with Crippen LogP contribution in [0.3, 0.4) is 0 Å². The molecule has 0 radical (unpaired) electrons. The molecule has 9 heteroatoms. The Morgan fingerprint density at radius 1 is 1.33 bits per heavy atom. The van der Waals surface area contributed by atoms with Gasteiger partial charge in [-0.3, -0.25) is 9.52 Å². The highest BCUT2D eigenvalue weighted by atomic mass is 35.5. The molecule has 0 amide bonds. The first-order chi connectivity index (χ1) is 9.79. The second-order valence-corrected chi connectivity index (χ2v) is 7.48. The van der Waals surface area contributed by atoms with Crippen LogP contribution < -0.4 is 4.72 Å². The van der Waals surface area contributed by atoms with Crippen molar-refractivity contribution in [2.24, 2.45) is 0 Å². The second kappa shape index (κ2) is 6.00. The lowest BCUT2D eigenvalue weighted by atomic mass is 10.3. The van der Waals surface area contributed by atoms with E-state index in [1.807, 2.05) is 0 Å². The third-order valence-corrected chi connectivity index (χ3v) is 5.67. The maximum absolute atomic E-state index is 13.6. The zero-order chi connectivity index (χ0) is 15.6. The molecular weight excluding hydrogens is 341 g/mol. The van der Waals surface area contributed by atoms with Crippen molar-refractivity contribution in [2.45, 2.75) is 10.6 Å². The van der Waals surface area contributed by atoms with E-state index in [2.05, 4.69) is 4.72 Å². The van der Waals surface area contributed by atoms with Crippen LogP contribution in [0, 0.1) is 5.82 Å².